The van der Waals surface area contributed by atoms with Gasteiger partial charge in [-0.05, 0) is 37.7 Å². The first-order chi connectivity index (χ1) is 9.97. The van der Waals surface area contributed by atoms with Crippen LogP contribution in [0.25, 0.3) is 0 Å². The van der Waals surface area contributed by atoms with E-state index in [4.69, 9.17) is 9.47 Å². The predicted octanol–water partition coefficient (Wildman–Crippen LogP) is 2.60. The van der Waals surface area contributed by atoms with Crippen molar-refractivity contribution in [3.8, 4) is 11.5 Å². The van der Waals surface area contributed by atoms with E-state index in [2.05, 4.69) is 10.2 Å². The third kappa shape index (κ3) is 4.78. The van der Waals surface area contributed by atoms with Crippen molar-refractivity contribution in [3.05, 3.63) is 23.8 Å². The van der Waals surface area contributed by atoms with E-state index in [1.165, 1.54) is 0 Å². The number of likely N-dealkylation sites (N-methyl/N-ethyl adjacent to an activating group) is 1. The first-order valence-corrected chi connectivity index (χ1v) is 7.30. The molecule has 2 rings (SSSR count). The molecule has 6 heteroatoms. The van der Waals surface area contributed by atoms with Gasteiger partial charge in [0, 0.05) is 13.0 Å². The lowest BCUT2D eigenvalue weighted by atomic mass is 10.0. The molecule has 124 valence electrons. The van der Waals surface area contributed by atoms with Gasteiger partial charge < -0.3 is 19.7 Å². The van der Waals surface area contributed by atoms with Crippen molar-refractivity contribution in [3.63, 3.8) is 0 Å². The second-order valence-corrected chi connectivity index (χ2v) is 5.99. The molecular formula is C16H25ClN2O3. The van der Waals surface area contributed by atoms with Gasteiger partial charge in [-0.2, -0.15) is 0 Å². The van der Waals surface area contributed by atoms with Crippen molar-refractivity contribution in [1.29, 1.82) is 0 Å². The number of benzene rings is 1. The molecule has 0 fully saturated rings. The molecule has 0 aliphatic carbocycles. The topological polar surface area (TPSA) is 50.8 Å². The summed E-state index contributed by atoms with van der Waals surface area (Å²) in [5.74, 6) is 2.01. The Kier molecular flexibility index (Phi) is 6.97. The Balaban J connectivity index is 0.00000242. The zero-order valence-corrected chi connectivity index (χ0v) is 14.4. The van der Waals surface area contributed by atoms with Gasteiger partial charge >= 0.3 is 0 Å². The molecule has 1 heterocycles. The summed E-state index contributed by atoms with van der Waals surface area (Å²) in [5, 5.41) is 3.01. The molecule has 1 unspecified atom stereocenters. The highest BCUT2D eigenvalue weighted by Gasteiger charge is 2.20. The molecule has 1 atom stereocenters. The summed E-state index contributed by atoms with van der Waals surface area (Å²) < 4.78 is 10.7. The minimum atomic E-state index is 0. The molecule has 1 aromatic carbocycles. The Labute approximate surface area is 138 Å². The quantitative estimate of drug-likeness (QED) is 0.872. The molecule has 0 spiro atoms. The van der Waals surface area contributed by atoms with Crippen LogP contribution in [0.15, 0.2) is 18.2 Å². The summed E-state index contributed by atoms with van der Waals surface area (Å²) in [7, 11) is 4.01. The molecule has 1 aliphatic heterocycles. The average molecular weight is 329 g/mol. The third-order valence-corrected chi connectivity index (χ3v) is 3.49. The van der Waals surface area contributed by atoms with E-state index in [-0.39, 0.29) is 31.1 Å². The smallest absolute Gasteiger partial charge is 0.231 e. The standard InChI is InChI=1S/C16H24N2O3.ClH/c1-11(2)7-16(19)17-9-13(18(3)4)12-5-6-14-15(8-12)21-10-20-14;/h5-6,8,11,13H,7,9-10H2,1-4H3,(H,17,19);1H. The lowest BCUT2D eigenvalue weighted by Crippen LogP contribution is -2.34. The molecule has 1 aliphatic rings. The molecule has 0 saturated carbocycles. The summed E-state index contributed by atoms with van der Waals surface area (Å²) in [6, 6.07) is 6.04. The predicted molar refractivity (Wildman–Crippen MR) is 88.7 cm³/mol. The maximum Gasteiger partial charge on any atom is 0.231 e. The van der Waals surface area contributed by atoms with Gasteiger partial charge in [-0.15, -0.1) is 12.4 Å². The van der Waals surface area contributed by atoms with E-state index < -0.39 is 0 Å². The number of halogens is 1. The number of carbonyl (C=O) groups is 1. The number of rotatable bonds is 6. The highest BCUT2D eigenvalue weighted by Crippen LogP contribution is 2.34. The number of amides is 1. The van der Waals surface area contributed by atoms with E-state index in [1.807, 2.05) is 46.1 Å². The van der Waals surface area contributed by atoms with E-state index in [1.54, 1.807) is 0 Å². The number of carbonyl (C=O) groups excluding carboxylic acids is 1. The molecule has 1 amide bonds. The Hall–Kier alpha value is -1.46. The molecular weight excluding hydrogens is 304 g/mol. The van der Waals surface area contributed by atoms with Crippen LogP contribution in [-0.4, -0.2) is 38.2 Å². The maximum absolute atomic E-state index is 11.8. The zero-order valence-electron chi connectivity index (χ0n) is 13.6. The fourth-order valence-electron chi connectivity index (χ4n) is 2.37. The van der Waals surface area contributed by atoms with Gasteiger partial charge in [0.15, 0.2) is 11.5 Å². The fraction of sp³-hybridized carbons (Fsp3) is 0.562. The number of fused-ring (bicyclic) bond motifs is 1. The minimum Gasteiger partial charge on any atom is -0.454 e. The number of nitrogens with zero attached hydrogens (tertiary/aromatic N) is 1. The second-order valence-electron chi connectivity index (χ2n) is 5.99. The van der Waals surface area contributed by atoms with Crippen molar-refractivity contribution < 1.29 is 14.3 Å². The molecule has 0 bridgehead atoms. The van der Waals surface area contributed by atoms with Crippen molar-refractivity contribution in [2.75, 3.05) is 27.4 Å². The van der Waals surface area contributed by atoms with Gasteiger partial charge in [0.25, 0.3) is 0 Å². The molecule has 5 nitrogen and oxygen atoms in total. The van der Waals surface area contributed by atoms with Crippen LogP contribution in [0.1, 0.15) is 31.9 Å². The Morgan fingerprint density at radius 1 is 1.27 bits per heavy atom. The third-order valence-electron chi connectivity index (χ3n) is 3.49. The molecule has 22 heavy (non-hydrogen) atoms. The SMILES string of the molecule is CC(C)CC(=O)NCC(c1ccc2c(c1)OCO2)N(C)C.Cl. The summed E-state index contributed by atoms with van der Waals surface area (Å²) in [5.41, 5.74) is 1.11. The highest BCUT2D eigenvalue weighted by molar-refractivity contribution is 5.85. The van der Waals surface area contributed by atoms with Crippen LogP contribution in [0.5, 0.6) is 11.5 Å². The average Bonchev–Trinajstić information content (AvgIpc) is 2.85. The summed E-state index contributed by atoms with van der Waals surface area (Å²) in [6.45, 7) is 4.94. The van der Waals surface area contributed by atoms with Crippen LogP contribution in [0.2, 0.25) is 0 Å². The molecule has 0 aromatic heterocycles. The van der Waals surface area contributed by atoms with E-state index in [0.29, 0.717) is 18.9 Å². The number of hydrogen-bond acceptors (Lipinski definition) is 4. The van der Waals surface area contributed by atoms with Gasteiger partial charge in [0.1, 0.15) is 0 Å². The molecule has 1 aromatic rings. The minimum absolute atomic E-state index is 0. The number of ether oxygens (including phenoxy) is 2. The zero-order chi connectivity index (χ0) is 15.4. The van der Waals surface area contributed by atoms with E-state index in [0.717, 1.165) is 17.1 Å². The fourth-order valence-corrected chi connectivity index (χ4v) is 2.37. The first-order valence-electron chi connectivity index (χ1n) is 7.30. The van der Waals surface area contributed by atoms with Crippen molar-refractivity contribution >= 4 is 18.3 Å². The molecule has 0 radical (unpaired) electrons. The van der Waals surface area contributed by atoms with Crippen LogP contribution >= 0.6 is 12.4 Å². The second kappa shape index (κ2) is 8.25. The lowest BCUT2D eigenvalue weighted by Gasteiger charge is -2.25. The van der Waals surface area contributed by atoms with Gasteiger partial charge in [0.05, 0.1) is 6.04 Å². The highest BCUT2D eigenvalue weighted by atomic mass is 35.5. The molecule has 1 N–H and O–H groups in total. The number of hydrogen-bond donors (Lipinski definition) is 1. The molecule has 0 saturated heterocycles. The largest absolute Gasteiger partial charge is 0.454 e. The van der Waals surface area contributed by atoms with E-state index >= 15 is 0 Å². The van der Waals surface area contributed by atoms with Gasteiger partial charge in [-0.25, -0.2) is 0 Å². The monoisotopic (exact) mass is 328 g/mol. The van der Waals surface area contributed by atoms with Crippen LogP contribution < -0.4 is 14.8 Å². The Morgan fingerprint density at radius 2 is 1.95 bits per heavy atom. The summed E-state index contributed by atoms with van der Waals surface area (Å²) in [4.78, 5) is 13.9. The lowest BCUT2D eigenvalue weighted by molar-refractivity contribution is -0.122. The van der Waals surface area contributed by atoms with Crippen molar-refractivity contribution in [2.45, 2.75) is 26.3 Å². The van der Waals surface area contributed by atoms with Crippen LogP contribution in [0, 0.1) is 5.92 Å². The number of nitrogens with one attached hydrogen (secondary N) is 1. The summed E-state index contributed by atoms with van der Waals surface area (Å²) >= 11 is 0. The summed E-state index contributed by atoms with van der Waals surface area (Å²) in [6.07, 6.45) is 0.557. The Bertz CT molecular complexity index is 506. The van der Waals surface area contributed by atoms with E-state index in [9.17, 15) is 4.79 Å². The Morgan fingerprint density at radius 3 is 2.59 bits per heavy atom. The van der Waals surface area contributed by atoms with Crippen LogP contribution in [-0.2, 0) is 4.79 Å². The normalized spacial score (nSPS) is 13.9. The van der Waals surface area contributed by atoms with Crippen LogP contribution in [0.3, 0.4) is 0 Å². The van der Waals surface area contributed by atoms with Gasteiger partial charge in [0.2, 0.25) is 12.7 Å². The van der Waals surface area contributed by atoms with Crippen molar-refractivity contribution in [1.82, 2.24) is 10.2 Å². The first kappa shape index (κ1) is 18.6. The van der Waals surface area contributed by atoms with Crippen LogP contribution in [0.4, 0.5) is 0 Å². The maximum atomic E-state index is 11.8. The van der Waals surface area contributed by atoms with Gasteiger partial charge in [-0.1, -0.05) is 19.9 Å². The van der Waals surface area contributed by atoms with Crippen molar-refractivity contribution in [2.24, 2.45) is 5.92 Å². The van der Waals surface area contributed by atoms with Gasteiger partial charge in [-0.3, -0.25) is 4.79 Å².